The lowest BCUT2D eigenvalue weighted by Crippen LogP contribution is -2.19. The smallest absolute Gasteiger partial charge is 0.369 e. The molecule has 0 amide bonds. The highest BCUT2D eigenvalue weighted by molar-refractivity contribution is 8.04. The minimum absolute atomic E-state index is 0.0560. The van der Waals surface area contributed by atoms with Crippen molar-refractivity contribution < 1.29 is 9.30 Å². The fourth-order valence-electron chi connectivity index (χ4n) is 2.04. The van der Waals surface area contributed by atoms with Crippen molar-refractivity contribution in [2.75, 3.05) is 18.2 Å². The van der Waals surface area contributed by atoms with E-state index in [9.17, 15) is 9.36 Å². The van der Waals surface area contributed by atoms with E-state index in [1.165, 1.54) is 11.8 Å². The van der Waals surface area contributed by atoms with Crippen LogP contribution in [0.3, 0.4) is 0 Å². The van der Waals surface area contributed by atoms with Crippen molar-refractivity contribution in [3.05, 3.63) is 16.7 Å². The van der Waals surface area contributed by atoms with E-state index < -0.39 is 7.80 Å². The lowest BCUT2D eigenvalue weighted by Gasteiger charge is -2.09. The van der Waals surface area contributed by atoms with Gasteiger partial charge in [-0.25, -0.2) is 4.98 Å². The van der Waals surface area contributed by atoms with Gasteiger partial charge in [-0.2, -0.15) is 4.98 Å². The van der Waals surface area contributed by atoms with E-state index in [1.807, 2.05) is 0 Å². The van der Waals surface area contributed by atoms with Gasteiger partial charge in [-0.3, -0.25) is 9.78 Å². The van der Waals surface area contributed by atoms with E-state index in [0.29, 0.717) is 12.2 Å². The van der Waals surface area contributed by atoms with Gasteiger partial charge in [0.05, 0.1) is 19.0 Å². The summed E-state index contributed by atoms with van der Waals surface area (Å²) in [5.74, 6) is 0.804. The number of hydrogen-bond acceptors (Lipinski definition) is 7. The molecule has 0 radical (unpaired) electrons. The van der Waals surface area contributed by atoms with Crippen LogP contribution in [-0.4, -0.2) is 43.2 Å². The van der Waals surface area contributed by atoms with Crippen LogP contribution >= 0.6 is 19.6 Å². The molecule has 8 nitrogen and oxygen atoms in total. The molecule has 1 saturated heterocycles. The van der Waals surface area contributed by atoms with Crippen molar-refractivity contribution in [3.8, 4) is 0 Å². The number of nitrogens with zero attached hydrogens (tertiary/aromatic N) is 3. The first-order valence-corrected chi connectivity index (χ1v) is 8.74. The number of H-pyrrole nitrogens is 1. The fourth-order valence-corrected chi connectivity index (χ4v) is 4.28. The van der Waals surface area contributed by atoms with Gasteiger partial charge in [0.2, 0.25) is 5.95 Å². The molecule has 3 rings (SSSR count). The highest BCUT2D eigenvalue weighted by atomic mass is 32.2. The highest BCUT2D eigenvalue weighted by Crippen LogP contribution is 2.40. The van der Waals surface area contributed by atoms with Crippen LogP contribution in [0.5, 0.6) is 0 Å². The number of nitrogens with one attached hydrogen (secondary N) is 1. The first kappa shape index (κ1) is 13.5. The fraction of sp³-hybridized carbons (Fsp3) is 0.500. The zero-order chi connectivity index (χ0) is 14.3. The molecular weight excluding hydrogens is 301 g/mol. The maximum atomic E-state index is 11.7. The number of nitrogen functional groups attached to an aromatic ring is 1. The molecule has 0 spiro atoms. The van der Waals surface area contributed by atoms with Crippen LogP contribution in [-0.2, 0) is 15.8 Å². The van der Waals surface area contributed by atoms with Gasteiger partial charge < -0.3 is 15.0 Å². The van der Waals surface area contributed by atoms with Crippen molar-refractivity contribution in [3.63, 3.8) is 0 Å². The van der Waals surface area contributed by atoms with Gasteiger partial charge in [0.25, 0.3) is 5.56 Å². The minimum Gasteiger partial charge on any atom is -0.369 e. The molecular formula is C10H13N5O3PS+. The van der Waals surface area contributed by atoms with E-state index in [-0.39, 0.29) is 28.3 Å². The first-order chi connectivity index (χ1) is 9.54. The SMILES string of the molecule is C[P+](=O)C1OC(Cn2cnc3c(=O)[nH]c(N)nc32)CS1. The third-order valence-electron chi connectivity index (χ3n) is 2.92. The van der Waals surface area contributed by atoms with E-state index in [2.05, 4.69) is 15.0 Å². The Hall–Kier alpha value is -1.44. The van der Waals surface area contributed by atoms with Gasteiger partial charge in [0.15, 0.2) is 11.2 Å². The Kier molecular flexibility index (Phi) is 3.49. The molecule has 0 aliphatic carbocycles. The molecule has 106 valence electrons. The maximum absolute atomic E-state index is 11.7. The average molecular weight is 314 g/mol. The number of imidazole rings is 1. The van der Waals surface area contributed by atoms with E-state index in [4.69, 9.17) is 10.5 Å². The number of aromatic nitrogens is 4. The number of fused-ring (bicyclic) bond motifs is 1. The molecule has 2 aromatic heterocycles. The Bertz CT molecular complexity index is 729. The molecule has 0 aromatic carbocycles. The largest absolute Gasteiger partial charge is 0.378 e. The summed E-state index contributed by atoms with van der Waals surface area (Å²) in [5, 5.41) is -0.258. The number of thioether (sulfide) groups is 1. The highest BCUT2D eigenvalue weighted by Gasteiger charge is 2.37. The molecule has 3 N–H and O–H groups in total. The number of rotatable bonds is 3. The summed E-state index contributed by atoms with van der Waals surface area (Å²) in [6, 6.07) is 0. The summed E-state index contributed by atoms with van der Waals surface area (Å²) in [6.07, 6.45) is 1.46. The standard InChI is InChI=1S/C10H12N5O3PS/c1-19(17)10-18-5(3-20-10)2-15-4-12-6-7(15)13-9(11)14-8(6)16/h4-5,10H,2-3H2,1H3,(H2-,11,13,14,16)/p+1. The third-order valence-corrected chi connectivity index (χ3v) is 5.94. The third kappa shape index (κ3) is 2.44. The zero-order valence-electron chi connectivity index (χ0n) is 10.6. The first-order valence-electron chi connectivity index (χ1n) is 5.92. The Balaban J connectivity index is 1.85. The summed E-state index contributed by atoms with van der Waals surface area (Å²) >= 11 is 1.54. The normalized spacial score (nSPS) is 23.4. The minimum atomic E-state index is -1.36. The number of nitrogens with two attached hydrogens (primary N) is 1. The van der Waals surface area contributed by atoms with Crippen LogP contribution in [0, 0.1) is 0 Å². The van der Waals surface area contributed by atoms with Crippen LogP contribution in [0.1, 0.15) is 0 Å². The van der Waals surface area contributed by atoms with Crippen LogP contribution in [0.15, 0.2) is 11.1 Å². The van der Waals surface area contributed by atoms with Crippen LogP contribution in [0.2, 0.25) is 0 Å². The van der Waals surface area contributed by atoms with E-state index in [0.717, 1.165) is 5.75 Å². The monoisotopic (exact) mass is 314 g/mol. The quantitative estimate of drug-likeness (QED) is 0.796. The second kappa shape index (κ2) is 5.16. The Morgan fingerprint density at radius 1 is 1.70 bits per heavy atom. The molecule has 0 bridgehead atoms. The molecule has 10 heteroatoms. The molecule has 3 heterocycles. The Morgan fingerprint density at radius 3 is 3.20 bits per heavy atom. The van der Waals surface area contributed by atoms with Crippen molar-refractivity contribution in [1.29, 1.82) is 0 Å². The van der Waals surface area contributed by atoms with E-state index >= 15 is 0 Å². The van der Waals surface area contributed by atoms with Crippen molar-refractivity contribution >= 4 is 36.7 Å². The summed E-state index contributed by atoms with van der Waals surface area (Å²) in [6.45, 7) is 2.16. The Labute approximate surface area is 118 Å². The van der Waals surface area contributed by atoms with Crippen LogP contribution < -0.4 is 11.3 Å². The summed E-state index contributed by atoms with van der Waals surface area (Å²) in [7, 11) is -1.36. The lowest BCUT2D eigenvalue weighted by molar-refractivity contribution is 0.0910. The predicted molar refractivity (Wildman–Crippen MR) is 77.2 cm³/mol. The topological polar surface area (TPSA) is 116 Å². The van der Waals surface area contributed by atoms with Gasteiger partial charge in [-0.1, -0.05) is 16.3 Å². The molecule has 3 unspecified atom stereocenters. The maximum Gasteiger partial charge on any atom is 0.378 e. The molecule has 0 saturated carbocycles. The predicted octanol–water partition coefficient (Wildman–Crippen LogP) is 0.575. The zero-order valence-corrected chi connectivity index (χ0v) is 12.4. The van der Waals surface area contributed by atoms with Crippen molar-refractivity contribution in [2.45, 2.75) is 17.8 Å². The molecule has 1 aliphatic rings. The number of anilines is 1. The van der Waals surface area contributed by atoms with Crippen molar-refractivity contribution in [1.82, 2.24) is 19.5 Å². The molecule has 1 aliphatic heterocycles. The lowest BCUT2D eigenvalue weighted by atomic mass is 10.4. The van der Waals surface area contributed by atoms with Gasteiger partial charge in [0, 0.05) is 5.75 Å². The summed E-state index contributed by atoms with van der Waals surface area (Å²) in [4.78, 5) is 22.2. The summed E-state index contributed by atoms with van der Waals surface area (Å²) < 4.78 is 18.8. The summed E-state index contributed by atoms with van der Waals surface area (Å²) in [5.41, 5.74) is 5.87. The number of hydrogen-bond donors (Lipinski definition) is 2. The molecule has 2 aromatic rings. The van der Waals surface area contributed by atoms with Gasteiger partial charge in [-0.15, -0.1) is 0 Å². The molecule has 3 atom stereocenters. The Morgan fingerprint density at radius 2 is 2.50 bits per heavy atom. The van der Waals surface area contributed by atoms with Gasteiger partial charge in [-0.05, 0) is 0 Å². The van der Waals surface area contributed by atoms with Crippen LogP contribution in [0.4, 0.5) is 5.95 Å². The van der Waals surface area contributed by atoms with Gasteiger partial charge in [0.1, 0.15) is 6.66 Å². The average Bonchev–Trinajstić information content (AvgIpc) is 2.98. The number of aromatic amines is 1. The molecule has 1 fully saturated rings. The van der Waals surface area contributed by atoms with Crippen LogP contribution in [0.25, 0.3) is 11.2 Å². The number of ether oxygens (including phenoxy) is 1. The second-order valence-corrected chi connectivity index (χ2v) is 7.47. The second-order valence-electron chi connectivity index (χ2n) is 4.46. The van der Waals surface area contributed by atoms with Gasteiger partial charge >= 0.3 is 13.0 Å². The van der Waals surface area contributed by atoms with E-state index in [1.54, 1.807) is 17.6 Å². The van der Waals surface area contributed by atoms with Crippen molar-refractivity contribution in [2.24, 2.45) is 0 Å². The molecule has 20 heavy (non-hydrogen) atoms.